The van der Waals surface area contributed by atoms with Crippen LogP contribution in [-0.2, 0) is 23.8 Å². The Bertz CT molecular complexity index is 1500. The van der Waals surface area contributed by atoms with Crippen LogP contribution in [0.1, 0.15) is 33.6 Å². The molecule has 42 heavy (non-hydrogen) atoms. The van der Waals surface area contributed by atoms with Crippen molar-refractivity contribution in [2.24, 2.45) is 0 Å². The summed E-state index contributed by atoms with van der Waals surface area (Å²) in [6.45, 7) is 5.16. The summed E-state index contributed by atoms with van der Waals surface area (Å²) < 4.78 is 53.0. The summed E-state index contributed by atoms with van der Waals surface area (Å²) in [5.41, 5.74) is 1.04. The van der Waals surface area contributed by atoms with E-state index in [9.17, 15) is 23.1 Å². The first-order chi connectivity index (χ1) is 20.3. The van der Waals surface area contributed by atoms with Crippen LogP contribution in [-0.4, -0.2) is 70.2 Å². The van der Waals surface area contributed by atoms with Crippen LogP contribution in [0.3, 0.4) is 0 Å². The number of aryl methyl sites for hydroxylation is 2. The Balaban J connectivity index is 1.24. The maximum Gasteiger partial charge on any atom is 0.434 e. The molecule has 1 fully saturated rings. The van der Waals surface area contributed by atoms with Crippen LogP contribution in [0.25, 0.3) is 17.1 Å². The number of benzene rings is 2. The predicted octanol–water partition coefficient (Wildman–Crippen LogP) is 5.54. The van der Waals surface area contributed by atoms with Crippen molar-refractivity contribution in [2.45, 2.75) is 25.4 Å². The molecule has 220 valence electrons. The third-order valence-electron chi connectivity index (χ3n) is 7.11. The van der Waals surface area contributed by atoms with Crippen LogP contribution in [0.2, 0.25) is 0 Å². The molecule has 0 atom stereocenters. The Morgan fingerprint density at radius 1 is 0.976 bits per heavy atom. The maximum absolute atomic E-state index is 13.7. The van der Waals surface area contributed by atoms with E-state index in [4.69, 9.17) is 9.47 Å². The molecule has 1 N–H and O–H groups in total. The minimum atomic E-state index is -4.93. The molecule has 0 aliphatic carbocycles. The van der Waals surface area contributed by atoms with Crippen LogP contribution in [0.4, 0.5) is 13.2 Å². The van der Waals surface area contributed by atoms with E-state index in [2.05, 4.69) is 15.0 Å². The molecule has 4 aromatic rings. The van der Waals surface area contributed by atoms with Gasteiger partial charge in [0.2, 0.25) is 0 Å². The minimum Gasteiger partial charge on any atom is -0.494 e. The fourth-order valence-corrected chi connectivity index (χ4v) is 4.97. The summed E-state index contributed by atoms with van der Waals surface area (Å²) in [7, 11) is 0. The van der Waals surface area contributed by atoms with Gasteiger partial charge in [-0.2, -0.15) is 18.3 Å². The molecule has 2 aromatic carbocycles. The lowest BCUT2D eigenvalue weighted by molar-refractivity contribution is -0.143. The lowest BCUT2D eigenvalue weighted by Crippen LogP contribution is -2.37. The molecule has 3 heterocycles. The lowest BCUT2D eigenvalue weighted by Gasteiger charge is -2.26. The summed E-state index contributed by atoms with van der Waals surface area (Å²) in [4.78, 5) is 18.2. The molecule has 5 rings (SSSR count). The number of ether oxygens (including phenoxy) is 2. The number of morpholine rings is 1. The van der Waals surface area contributed by atoms with Crippen molar-refractivity contribution >= 4 is 5.97 Å². The topological polar surface area (TPSA) is 89.7 Å². The molecule has 1 aliphatic rings. The number of aromatic carboxylic acids is 1. The number of nitrogens with zero attached hydrogens (tertiary/aromatic N) is 4. The number of rotatable bonds is 11. The predicted molar refractivity (Wildman–Crippen MR) is 150 cm³/mol. The summed E-state index contributed by atoms with van der Waals surface area (Å²) in [6, 6.07) is 20.2. The molecule has 0 spiro atoms. The minimum absolute atomic E-state index is 0.123. The number of alkyl halides is 3. The number of carboxylic acid groups (broad SMARTS) is 1. The molecule has 1 saturated heterocycles. The quantitative estimate of drug-likeness (QED) is 0.233. The smallest absolute Gasteiger partial charge is 0.434 e. The maximum atomic E-state index is 13.7. The molecule has 2 aromatic heterocycles. The molecular weight excluding hydrogens is 549 g/mol. The van der Waals surface area contributed by atoms with Gasteiger partial charge in [-0.3, -0.25) is 4.90 Å². The molecule has 0 saturated carbocycles. The van der Waals surface area contributed by atoms with E-state index in [-0.39, 0.29) is 5.82 Å². The fourth-order valence-electron chi connectivity index (χ4n) is 4.97. The van der Waals surface area contributed by atoms with Crippen LogP contribution in [0.15, 0.2) is 72.9 Å². The SMILES string of the molecule is O=C(O)c1cnn(-c2cccc(-c3ccccc3CCc3ccc(OCCCN4CCOCC4)cc3)n2)c1C(F)(F)F. The van der Waals surface area contributed by atoms with Gasteiger partial charge in [0.25, 0.3) is 0 Å². The lowest BCUT2D eigenvalue weighted by atomic mass is 9.97. The first kappa shape index (κ1) is 29.3. The number of halogens is 3. The second-order valence-electron chi connectivity index (χ2n) is 9.96. The van der Waals surface area contributed by atoms with Gasteiger partial charge in [0.05, 0.1) is 31.7 Å². The van der Waals surface area contributed by atoms with Gasteiger partial charge in [0.15, 0.2) is 11.5 Å². The Labute approximate surface area is 241 Å². The number of carbonyl (C=O) groups is 1. The molecule has 0 unspecified atom stereocenters. The molecule has 8 nitrogen and oxygen atoms in total. The summed E-state index contributed by atoms with van der Waals surface area (Å²) in [6.07, 6.45) is -1.86. The van der Waals surface area contributed by atoms with Crippen LogP contribution in [0.5, 0.6) is 5.75 Å². The van der Waals surface area contributed by atoms with E-state index in [1.165, 1.54) is 6.07 Å². The van der Waals surface area contributed by atoms with Gasteiger partial charge in [0.1, 0.15) is 11.3 Å². The zero-order valence-corrected chi connectivity index (χ0v) is 22.9. The number of carboxylic acids is 1. The van der Waals surface area contributed by atoms with E-state index in [0.717, 1.165) is 68.1 Å². The van der Waals surface area contributed by atoms with Crippen LogP contribution in [0, 0.1) is 0 Å². The summed E-state index contributed by atoms with van der Waals surface area (Å²) >= 11 is 0. The van der Waals surface area contributed by atoms with Crippen molar-refractivity contribution in [2.75, 3.05) is 39.5 Å². The van der Waals surface area contributed by atoms with Crippen LogP contribution < -0.4 is 4.74 Å². The van der Waals surface area contributed by atoms with Gasteiger partial charge in [-0.1, -0.05) is 42.5 Å². The highest BCUT2D eigenvalue weighted by atomic mass is 19.4. The Hall–Kier alpha value is -4.22. The third-order valence-corrected chi connectivity index (χ3v) is 7.11. The van der Waals surface area contributed by atoms with Crippen molar-refractivity contribution in [3.05, 3.63) is 95.3 Å². The van der Waals surface area contributed by atoms with Gasteiger partial charge in [-0.15, -0.1) is 0 Å². The molecule has 11 heteroatoms. The van der Waals surface area contributed by atoms with Gasteiger partial charge in [0, 0.05) is 25.2 Å². The molecule has 0 bridgehead atoms. The van der Waals surface area contributed by atoms with Gasteiger partial charge < -0.3 is 14.6 Å². The second-order valence-corrected chi connectivity index (χ2v) is 9.96. The Morgan fingerprint density at radius 3 is 2.48 bits per heavy atom. The average Bonchev–Trinajstić information content (AvgIpc) is 3.47. The average molecular weight is 581 g/mol. The van der Waals surface area contributed by atoms with E-state index in [1.807, 2.05) is 48.5 Å². The fraction of sp³-hybridized carbons (Fsp3) is 0.323. The summed E-state index contributed by atoms with van der Waals surface area (Å²) in [5.74, 6) is -1.01. The number of hydrogen-bond acceptors (Lipinski definition) is 6. The van der Waals surface area contributed by atoms with Crippen molar-refractivity contribution < 1.29 is 32.5 Å². The molecule has 0 radical (unpaired) electrons. The summed E-state index contributed by atoms with van der Waals surface area (Å²) in [5, 5.41) is 12.9. The largest absolute Gasteiger partial charge is 0.494 e. The molecular formula is C31H31F3N4O4. The zero-order chi connectivity index (χ0) is 29.5. The molecule has 0 amide bonds. The van der Waals surface area contributed by atoms with Gasteiger partial charge in [-0.25, -0.2) is 14.5 Å². The molecule has 1 aliphatic heterocycles. The van der Waals surface area contributed by atoms with E-state index in [0.29, 0.717) is 29.6 Å². The van der Waals surface area contributed by atoms with Gasteiger partial charge in [-0.05, 0) is 54.7 Å². The highest BCUT2D eigenvalue weighted by molar-refractivity contribution is 5.89. The van der Waals surface area contributed by atoms with Gasteiger partial charge >= 0.3 is 12.1 Å². The Morgan fingerprint density at radius 2 is 1.74 bits per heavy atom. The number of hydrogen-bond donors (Lipinski definition) is 1. The third kappa shape index (κ3) is 7.15. The first-order valence-corrected chi connectivity index (χ1v) is 13.8. The number of aromatic nitrogens is 3. The van der Waals surface area contributed by atoms with E-state index >= 15 is 0 Å². The second kappa shape index (κ2) is 13.2. The normalized spacial score (nSPS) is 14.2. The Kier molecular flexibility index (Phi) is 9.19. The van der Waals surface area contributed by atoms with E-state index < -0.39 is 23.4 Å². The monoisotopic (exact) mass is 580 g/mol. The van der Waals surface area contributed by atoms with E-state index in [1.54, 1.807) is 12.1 Å². The van der Waals surface area contributed by atoms with Crippen molar-refractivity contribution in [3.63, 3.8) is 0 Å². The zero-order valence-electron chi connectivity index (χ0n) is 22.9. The highest BCUT2D eigenvalue weighted by Crippen LogP contribution is 2.34. The standard InChI is InChI=1S/C31H31F3N4O4/c32-31(33,34)29-26(30(39)40)21-35-38(29)28-8-3-7-27(36-28)25-6-2-1-5-23(25)12-9-22-10-13-24(14-11-22)42-18-4-15-37-16-19-41-20-17-37/h1-3,5-8,10-11,13-14,21H,4,9,12,15-20H2,(H,39,40). The van der Waals surface area contributed by atoms with Crippen molar-refractivity contribution in [1.82, 2.24) is 19.7 Å². The first-order valence-electron chi connectivity index (χ1n) is 13.8. The highest BCUT2D eigenvalue weighted by Gasteiger charge is 2.41. The van der Waals surface area contributed by atoms with Crippen molar-refractivity contribution in [1.29, 1.82) is 0 Å². The van der Waals surface area contributed by atoms with Crippen molar-refractivity contribution in [3.8, 4) is 22.8 Å². The van der Waals surface area contributed by atoms with Crippen LogP contribution >= 0.6 is 0 Å². The number of pyridine rings is 1.